The van der Waals surface area contributed by atoms with Crippen LogP contribution in [0.15, 0.2) is 60.7 Å². The summed E-state index contributed by atoms with van der Waals surface area (Å²) in [6.07, 6.45) is 2.40. The molecule has 4 fully saturated rings. The average Bonchev–Trinajstić information content (AvgIpc) is 3.55. The number of carboxylic acids is 1. The molecule has 4 saturated heterocycles. The highest BCUT2D eigenvalue weighted by molar-refractivity contribution is 5.92. The number of carboxylic acid groups (broad SMARTS) is 1. The van der Waals surface area contributed by atoms with Crippen LogP contribution in [0.4, 0.5) is 9.59 Å². The van der Waals surface area contributed by atoms with Gasteiger partial charge in [-0.25, -0.2) is 14.4 Å². The number of piperidine rings is 2. The molecule has 4 bridgehead atoms. The Bertz CT molecular complexity index is 1610. The van der Waals surface area contributed by atoms with Crippen molar-refractivity contribution in [3.8, 4) is 0 Å². The quantitative estimate of drug-likeness (QED) is 0.234. The zero-order valence-electron chi connectivity index (χ0n) is 32.0. The number of aliphatic carboxylic acids is 1. The minimum absolute atomic E-state index is 0.0206. The molecule has 0 radical (unpaired) electrons. The first kappa shape index (κ1) is 42.8. The second-order valence-corrected chi connectivity index (χ2v) is 14.3. The van der Waals surface area contributed by atoms with Gasteiger partial charge in [0.25, 0.3) is 0 Å². The van der Waals surface area contributed by atoms with Crippen molar-refractivity contribution >= 4 is 35.5 Å². The summed E-state index contributed by atoms with van der Waals surface area (Å²) in [6, 6.07) is 17.3. The Balaban J connectivity index is 0.000000210. The molecule has 0 spiro atoms. The molecule has 300 valence electrons. The van der Waals surface area contributed by atoms with Gasteiger partial charge < -0.3 is 35.8 Å². The van der Waals surface area contributed by atoms with E-state index in [2.05, 4.69) is 5.32 Å². The lowest BCUT2D eigenvalue weighted by molar-refractivity contribution is -0.143. The van der Waals surface area contributed by atoms with Gasteiger partial charge in [0.2, 0.25) is 5.91 Å². The Morgan fingerprint density at radius 2 is 1.15 bits per heavy atom. The van der Waals surface area contributed by atoms with Gasteiger partial charge in [-0.2, -0.15) is 10.1 Å². The number of hydrogen-bond acceptors (Lipinski definition) is 11. The molecule has 0 aliphatic carbocycles. The first-order chi connectivity index (χ1) is 26.3. The molecule has 2 aromatic rings. The standard InChI is InChI=1S/C19H26N4O4.C14H16N2O4.C5H12N2O/c1-21(2)12-16(24)10-20-18(25)17-9-8-15-11-22(17)19(26)23(15)27-13-14-6-4-3-5-7-14;17-13(18)12-7-6-11-8-15(12)14(19)16(11)20-9-10-4-2-1-3-5-10;1-7(2)4-5(8)3-6/h3-7,15,17H,8-13H2,1-2H3,(H,20,25);1-5,11-12H,6-9H2,(H,17,18);3-4,6H2,1-2H3/t15-,17+;11-,12+;/m11./s1. The van der Waals surface area contributed by atoms with Crippen molar-refractivity contribution in [1.82, 2.24) is 35.0 Å². The van der Waals surface area contributed by atoms with Gasteiger partial charge in [-0.15, -0.1) is 0 Å². The number of nitrogens with one attached hydrogen (secondary N) is 1. The number of carbonyl (C=O) groups excluding carboxylic acids is 5. The van der Waals surface area contributed by atoms with E-state index in [0.717, 1.165) is 11.1 Å². The molecular formula is C38H54N8O9. The zero-order chi connectivity index (χ0) is 40.1. The second-order valence-electron chi connectivity index (χ2n) is 14.3. The number of benzene rings is 2. The third kappa shape index (κ3) is 12.3. The predicted molar refractivity (Wildman–Crippen MR) is 201 cm³/mol. The third-order valence-electron chi connectivity index (χ3n) is 9.33. The smallest absolute Gasteiger partial charge is 0.345 e. The number of Topliss-reactive ketones (excluding diaryl/α,β-unsaturated/α-hetero) is 2. The maximum Gasteiger partial charge on any atom is 0.345 e. The highest BCUT2D eigenvalue weighted by atomic mass is 16.7. The molecule has 6 rings (SSSR count). The van der Waals surface area contributed by atoms with Crippen molar-refractivity contribution in [3.63, 3.8) is 0 Å². The number of fused-ring (bicyclic) bond motifs is 4. The zero-order valence-corrected chi connectivity index (χ0v) is 32.0. The van der Waals surface area contributed by atoms with Crippen LogP contribution in [-0.4, -0.2) is 162 Å². The summed E-state index contributed by atoms with van der Waals surface area (Å²) in [5.41, 5.74) is 7.00. The predicted octanol–water partition coefficient (Wildman–Crippen LogP) is 1.18. The first-order valence-electron chi connectivity index (χ1n) is 18.4. The monoisotopic (exact) mass is 766 g/mol. The van der Waals surface area contributed by atoms with Crippen LogP contribution in [0, 0.1) is 0 Å². The summed E-state index contributed by atoms with van der Waals surface area (Å²) in [5, 5.41) is 14.5. The van der Waals surface area contributed by atoms with Crippen LogP contribution in [0.3, 0.4) is 0 Å². The van der Waals surface area contributed by atoms with Gasteiger partial charge in [-0.3, -0.25) is 24.1 Å². The van der Waals surface area contributed by atoms with Crippen molar-refractivity contribution in [2.75, 3.05) is 67.5 Å². The number of hydrogen-bond donors (Lipinski definition) is 3. The fourth-order valence-corrected chi connectivity index (χ4v) is 6.69. The number of amides is 5. The number of nitrogens with two attached hydrogens (primary N) is 1. The van der Waals surface area contributed by atoms with Gasteiger partial charge in [0.15, 0.2) is 11.6 Å². The van der Waals surface area contributed by atoms with Crippen molar-refractivity contribution in [2.45, 2.75) is 63.1 Å². The SMILES string of the molecule is CN(C)CC(=O)CN.CN(C)CC(=O)CNC(=O)[C@@H]1CC[C@@H]2CN1C(=O)N2OCc1ccccc1.O=C(O)[C@@H]1CC[C@@H]2CN1C(=O)N2OCc1ccccc1. The Labute approximate surface area is 321 Å². The highest BCUT2D eigenvalue weighted by Gasteiger charge is 2.49. The molecule has 4 aliphatic rings. The van der Waals surface area contributed by atoms with Gasteiger partial charge in [-0.1, -0.05) is 60.7 Å². The summed E-state index contributed by atoms with van der Waals surface area (Å²) in [7, 11) is 7.28. The van der Waals surface area contributed by atoms with Crippen LogP contribution in [0.25, 0.3) is 0 Å². The van der Waals surface area contributed by atoms with E-state index in [4.69, 9.17) is 20.5 Å². The van der Waals surface area contributed by atoms with Gasteiger partial charge in [0.05, 0.1) is 38.3 Å². The number of likely N-dealkylation sites (N-methyl/N-ethyl adjacent to an activating group) is 2. The number of ketones is 2. The molecule has 55 heavy (non-hydrogen) atoms. The minimum Gasteiger partial charge on any atom is -0.480 e. The maximum absolute atomic E-state index is 12.7. The van der Waals surface area contributed by atoms with Crippen LogP contribution in [0.5, 0.6) is 0 Å². The number of rotatable bonds is 15. The van der Waals surface area contributed by atoms with E-state index in [0.29, 0.717) is 58.5 Å². The van der Waals surface area contributed by atoms with Crippen molar-refractivity contribution in [1.29, 1.82) is 0 Å². The van der Waals surface area contributed by atoms with E-state index in [1.165, 1.54) is 15.0 Å². The first-order valence-corrected chi connectivity index (χ1v) is 18.4. The lowest BCUT2D eigenvalue weighted by Gasteiger charge is -2.29. The van der Waals surface area contributed by atoms with Gasteiger partial charge >= 0.3 is 18.0 Å². The van der Waals surface area contributed by atoms with Crippen LogP contribution in [0.1, 0.15) is 36.8 Å². The largest absolute Gasteiger partial charge is 0.480 e. The molecule has 4 aliphatic heterocycles. The number of nitrogens with zero attached hydrogens (tertiary/aromatic N) is 6. The van der Waals surface area contributed by atoms with Gasteiger partial charge in [0.1, 0.15) is 25.3 Å². The molecule has 17 nitrogen and oxygen atoms in total. The molecule has 0 aromatic heterocycles. The molecular weight excluding hydrogens is 712 g/mol. The van der Waals surface area contributed by atoms with Gasteiger partial charge in [-0.05, 0) is 65.0 Å². The second kappa shape index (κ2) is 20.7. The third-order valence-corrected chi connectivity index (χ3v) is 9.33. The van der Waals surface area contributed by atoms with Gasteiger partial charge in [0, 0.05) is 13.1 Å². The van der Waals surface area contributed by atoms with Crippen LogP contribution in [-0.2, 0) is 42.1 Å². The number of hydroxylamine groups is 4. The Morgan fingerprint density at radius 1 is 0.709 bits per heavy atom. The molecule has 4 atom stereocenters. The molecule has 4 heterocycles. The average molecular weight is 767 g/mol. The van der Waals surface area contributed by atoms with E-state index in [-0.39, 0.29) is 61.3 Å². The summed E-state index contributed by atoms with van der Waals surface area (Å²) in [6.45, 7) is 2.39. The minimum atomic E-state index is -0.943. The van der Waals surface area contributed by atoms with E-state index >= 15 is 0 Å². The molecule has 5 amide bonds. The highest BCUT2D eigenvalue weighted by Crippen LogP contribution is 2.31. The van der Waals surface area contributed by atoms with Crippen molar-refractivity contribution < 1.29 is 43.5 Å². The topological polar surface area (TPSA) is 199 Å². The van der Waals surface area contributed by atoms with Crippen molar-refractivity contribution in [3.05, 3.63) is 71.8 Å². The van der Waals surface area contributed by atoms with E-state index in [9.17, 15) is 28.8 Å². The normalized spacial score (nSPS) is 21.2. The summed E-state index contributed by atoms with van der Waals surface area (Å²) in [5.74, 6) is -1.21. The molecule has 4 N–H and O–H groups in total. The lowest BCUT2D eigenvalue weighted by atomic mass is 10.0. The van der Waals surface area contributed by atoms with E-state index < -0.39 is 18.1 Å². The maximum atomic E-state index is 12.7. The van der Waals surface area contributed by atoms with Crippen LogP contribution in [0.2, 0.25) is 0 Å². The fourth-order valence-electron chi connectivity index (χ4n) is 6.69. The molecule has 17 heteroatoms. The summed E-state index contributed by atoms with van der Waals surface area (Å²) in [4.78, 5) is 88.5. The summed E-state index contributed by atoms with van der Waals surface area (Å²) >= 11 is 0. The van der Waals surface area contributed by atoms with E-state index in [1.54, 1.807) is 28.8 Å². The number of urea groups is 2. The summed E-state index contributed by atoms with van der Waals surface area (Å²) < 4.78 is 0. The molecule has 2 aromatic carbocycles. The lowest BCUT2D eigenvalue weighted by Crippen LogP contribution is -2.51. The molecule has 0 saturated carbocycles. The molecule has 0 unspecified atom stereocenters. The van der Waals surface area contributed by atoms with E-state index in [1.807, 2.05) is 74.8 Å². The number of carbonyl (C=O) groups is 6. The van der Waals surface area contributed by atoms with Crippen LogP contribution >= 0.6 is 0 Å². The fraction of sp³-hybridized carbons (Fsp3) is 0.526. The van der Waals surface area contributed by atoms with Crippen molar-refractivity contribution in [2.24, 2.45) is 5.73 Å². The Kier molecular flexibility index (Phi) is 16.1. The Morgan fingerprint density at radius 3 is 1.56 bits per heavy atom. The van der Waals surface area contributed by atoms with Crippen LogP contribution < -0.4 is 11.1 Å². The Hall–Kier alpha value is -4.94.